The first-order chi connectivity index (χ1) is 16.8. The highest BCUT2D eigenvalue weighted by atomic mass is 19.4. The Morgan fingerprint density at radius 1 is 0.972 bits per heavy atom. The van der Waals surface area contributed by atoms with Crippen molar-refractivity contribution < 1.29 is 54.9 Å². The highest BCUT2D eigenvalue weighted by molar-refractivity contribution is 6.07. The summed E-state index contributed by atoms with van der Waals surface area (Å²) < 4.78 is 93.5. The summed E-state index contributed by atoms with van der Waals surface area (Å²) in [6, 6.07) is 1.93. The van der Waals surface area contributed by atoms with E-state index in [2.05, 4.69) is 9.64 Å². The molecule has 0 atom stereocenters. The zero-order valence-corrected chi connectivity index (χ0v) is 19.2. The van der Waals surface area contributed by atoms with Gasteiger partial charge in [0.15, 0.2) is 0 Å². The van der Waals surface area contributed by atoms with Crippen molar-refractivity contribution in [1.29, 1.82) is 0 Å². The lowest BCUT2D eigenvalue weighted by Crippen LogP contribution is -2.50. The average molecular weight is 526 g/mol. The summed E-state index contributed by atoms with van der Waals surface area (Å²) in [6.07, 6.45) is -10.1. The molecule has 14 heteroatoms. The Bertz CT molecular complexity index is 969. The van der Waals surface area contributed by atoms with E-state index in [1.165, 1.54) is 0 Å². The van der Waals surface area contributed by atoms with Gasteiger partial charge in [-0.2, -0.15) is 26.3 Å². The Kier molecular flexibility index (Phi) is 8.49. The van der Waals surface area contributed by atoms with E-state index in [1.54, 1.807) is 0 Å². The fourth-order valence-electron chi connectivity index (χ4n) is 4.00. The summed E-state index contributed by atoms with van der Waals surface area (Å²) in [7, 11) is 1.91. The number of benzene rings is 1. The standard InChI is InChI=1S/C22H24F6N2O6/c1-29-8-4-14(5-9-29)35-15-2-3-16(18(31)36-20(33)22(26,27)28)17(12-15)30(19(32)21(23,24)25)13-6-10-34-11-7-13/h2-3,12-14H,4-11H2,1H3. The number of alkyl halides is 6. The Morgan fingerprint density at radius 2 is 1.58 bits per heavy atom. The second kappa shape index (κ2) is 11.0. The van der Waals surface area contributed by atoms with Gasteiger partial charge in [0.05, 0.1) is 11.3 Å². The zero-order chi connectivity index (χ0) is 26.7. The van der Waals surface area contributed by atoms with Crippen LogP contribution in [0.4, 0.5) is 32.0 Å². The van der Waals surface area contributed by atoms with Crippen LogP contribution in [-0.4, -0.2) is 80.6 Å². The van der Waals surface area contributed by atoms with Gasteiger partial charge in [-0.05, 0) is 44.9 Å². The Balaban J connectivity index is 2.04. The monoisotopic (exact) mass is 526 g/mol. The first-order valence-corrected chi connectivity index (χ1v) is 11.1. The minimum Gasteiger partial charge on any atom is -0.490 e. The number of carbonyl (C=O) groups excluding carboxylic acids is 3. The Labute approximate surface area is 202 Å². The minimum absolute atomic E-state index is 0.00489. The maximum atomic E-state index is 13.6. The van der Waals surface area contributed by atoms with Crippen molar-refractivity contribution in [2.24, 2.45) is 0 Å². The molecule has 0 aliphatic carbocycles. The van der Waals surface area contributed by atoms with Gasteiger partial charge in [-0.3, -0.25) is 4.79 Å². The number of rotatable bonds is 5. The number of hydrogen-bond donors (Lipinski definition) is 0. The molecule has 1 amide bonds. The molecule has 2 fully saturated rings. The molecule has 36 heavy (non-hydrogen) atoms. The molecule has 200 valence electrons. The third-order valence-corrected chi connectivity index (χ3v) is 5.85. The molecule has 1 aromatic rings. The number of likely N-dealkylation sites (tertiary alicyclic amines) is 1. The predicted octanol–water partition coefficient (Wildman–Crippen LogP) is 3.48. The summed E-state index contributed by atoms with van der Waals surface area (Å²) >= 11 is 0. The number of halogens is 6. The van der Waals surface area contributed by atoms with Crippen LogP contribution in [-0.2, 0) is 19.1 Å². The molecule has 0 N–H and O–H groups in total. The van der Waals surface area contributed by atoms with E-state index < -0.39 is 47.5 Å². The largest absolute Gasteiger partial charge is 0.491 e. The van der Waals surface area contributed by atoms with E-state index in [0.717, 1.165) is 18.2 Å². The molecule has 0 aromatic heterocycles. The second-order valence-electron chi connectivity index (χ2n) is 8.49. The molecule has 2 heterocycles. The molecule has 3 rings (SSSR count). The molecule has 2 aliphatic rings. The molecule has 2 saturated heterocycles. The van der Waals surface area contributed by atoms with Gasteiger partial charge >= 0.3 is 30.2 Å². The van der Waals surface area contributed by atoms with E-state index in [0.29, 0.717) is 30.8 Å². The van der Waals surface area contributed by atoms with Gasteiger partial charge in [-0.15, -0.1) is 0 Å². The first kappa shape index (κ1) is 27.7. The van der Waals surface area contributed by atoms with Crippen LogP contribution in [0, 0.1) is 0 Å². The molecular formula is C22H24F6N2O6. The van der Waals surface area contributed by atoms with E-state index in [-0.39, 0.29) is 37.9 Å². The third-order valence-electron chi connectivity index (χ3n) is 5.85. The molecule has 0 bridgehead atoms. The SMILES string of the molecule is CN1CCC(Oc2ccc(C(=O)OC(=O)C(F)(F)F)c(N(C(=O)C(F)(F)F)C3CCOCC3)c2)CC1. The van der Waals surface area contributed by atoms with Gasteiger partial charge in [0.2, 0.25) is 0 Å². The van der Waals surface area contributed by atoms with E-state index in [9.17, 15) is 40.7 Å². The topological polar surface area (TPSA) is 85.4 Å². The first-order valence-electron chi connectivity index (χ1n) is 11.1. The summed E-state index contributed by atoms with van der Waals surface area (Å²) in [5, 5.41) is 0. The van der Waals surface area contributed by atoms with Gasteiger partial charge in [0.1, 0.15) is 11.9 Å². The van der Waals surface area contributed by atoms with E-state index >= 15 is 0 Å². The van der Waals surface area contributed by atoms with Crippen molar-refractivity contribution in [1.82, 2.24) is 4.90 Å². The smallest absolute Gasteiger partial charge is 0.490 e. The van der Waals surface area contributed by atoms with Crippen LogP contribution in [0.15, 0.2) is 18.2 Å². The molecule has 0 unspecified atom stereocenters. The fraction of sp³-hybridized carbons (Fsp3) is 0.591. The minimum atomic E-state index is -5.52. The lowest BCUT2D eigenvalue weighted by atomic mass is 10.0. The number of nitrogens with zero attached hydrogens (tertiary/aromatic N) is 2. The van der Waals surface area contributed by atoms with Crippen LogP contribution in [0.1, 0.15) is 36.0 Å². The summed E-state index contributed by atoms with van der Waals surface area (Å²) in [5.41, 5.74) is -1.50. The zero-order valence-electron chi connectivity index (χ0n) is 19.2. The Morgan fingerprint density at radius 3 is 2.14 bits per heavy atom. The average Bonchev–Trinajstić information content (AvgIpc) is 2.80. The highest BCUT2D eigenvalue weighted by Gasteiger charge is 2.47. The van der Waals surface area contributed by atoms with Crippen molar-refractivity contribution in [3.8, 4) is 5.75 Å². The van der Waals surface area contributed by atoms with Crippen LogP contribution < -0.4 is 9.64 Å². The molecule has 1 aromatic carbocycles. The van der Waals surface area contributed by atoms with E-state index in [1.807, 2.05) is 7.05 Å². The predicted molar refractivity (Wildman–Crippen MR) is 111 cm³/mol. The van der Waals surface area contributed by atoms with Gasteiger partial charge in [-0.25, -0.2) is 9.59 Å². The fourth-order valence-corrected chi connectivity index (χ4v) is 4.00. The summed E-state index contributed by atoms with van der Waals surface area (Å²) in [4.78, 5) is 38.5. The van der Waals surface area contributed by atoms with Crippen molar-refractivity contribution in [3.05, 3.63) is 23.8 Å². The molecule has 0 saturated carbocycles. The maximum absolute atomic E-state index is 13.6. The van der Waals surface area contributed by atoms with Crippen LogP contribution in [0.3, 0.4) is 0 Å². The number of carbonyl (C=O) groups is 3. The molecular weight excluding hydrogens is 502 g/mol. The summed E-state index contributed by atoms with van der Waals surface area (Å²) in [5.74, 6) is -7.03. The van der Waals surface area contributed by atoms with Crippen molar-refractivity contribution in [3.63, 3.8) is 0 Å². The maximum Gasteiger partial charge on any atom is 0.491 e. The molecule has 0 spiro atoms. The van der Waals surface area contributed by atoms with Gasteiger partial charge < -0.3 is 24.0 Å². The van der Waals surface area contributed by atoms with Crippen molar-refractivity contribution in [2.45, 2.75) is 50.2 Å². The number of ether oxygens (including phenoxy) is 3. The number of amides is 1. The van der Waals surface area contributed by atoms with Crippen LogP contribution in [0.5, 0.6) is 5.75 Å². The molecule has 0 radical (unpaired) electrons. The third kappa shape index (κ3) is 6.87. The number of piperidine rings is 1. The van der Waals surface area contributed by atoms with Crippen LogP contribution >= 0.6 is 0 Å². The lowest BCUT2D eigenvalue weighted by Gasteiger charge is -2.36. The quantitative estimate of drug-likeness (QED) is 0.330. The lowest BCUT2D eigenvalue weighted by molar-refractivity contribution is -0.193. The summed E-state index contributed by atoms with van der Waals surface area (Å²) in [6.45, 7) is 1.43. The van der Waals surface area contributed by atoms with Crippen molar-refractivity contribution in [2.75, 3.05) is 38.3 Å². The van der Waals surface area contributed by atoms with Crippen LogP contribution in [0.25, 0.3) is 0 Å². The normalized spacial score (nSPS) is 18.5. The molecule has 2 aliphatic heterocycles. The Hall–Kier alpha value is -2.87. The number of esters is 2. The number of anilines is 1. The number of hydrogen-bond acceptors (Lipinski definition) is 7. The van der Waals surface area contributed by atoms with Gasteiger partial charge in [0, 0.05) is 38.4 Å². The highest BCUT2D eigenvalue weighted by Crippen LogP contribution is 2.35. The van der Waals surface area contributed by atoms with Gasteiger partial charge in [0.25, 0.3) is 0 Å². The second-order valence-corrected chi connectivity index (χ2v) is 8.49. The van der Waals surface area contributed by atoms with Gasteiger partial charge in [-0.1, -0.05) is 0 Å². The molecule has 8 nitrogen and oxygen atoms in total. The van der Waals surface area contributed by atoms with E-state index in [4.69, 9.17) is 9.47 Å². The van der Waals surface area contributed by atoms with Crippen molar-refractivity contribution >= 4 is 23.5 Å². The van der Waals surface area contributed by atoms with Crippen LogP contribution in [0.2, 0.25) is 0 Å².